The fourth-order valence-corrected chi connectivity index (χ4v) is 4.29. The first-order valence-corrected chi connectivity index (χ1v) is 7.78. The number of anilines is 2. The Bertz CT molecular complexity index is 790. The van der Waals surface area contributed by atoms with E-state index in [4.69, 9.17) is 0 Å². The minimum atomic E-state index is -1.06. The molecule has 5 nitrogen and oxygen atoms in total. The number of thioether (sulfide) groups is 1. The lowest BCUT2D eigenvalue weighted by atomic mass is 10.0. The van der Waals surface area contributed by atoms with E-state index in [1.54, 1.807) is 12.1 Å². The average molecular weight is 312 g/mol. The molecule has 110 valence electrons. The number of fused-ring (bicyclic) bond motifs is 2. The number of hydrogen-bond donors (Lipinski definition) is 2. The fraction of sp³-hybridized carbons (Fsp3) is 0.125. The molecule has 22 heavy (non-hydrogen) atoms. The van der Waals surface area contributed by atoms with Gasteiger partial charge in [0.15, 0.2) is 0 Å². The van der Waals surface area contributed by atoms with Crippen LogP contribution in [0.2, 0.25) is 0 Å². The summed E-state index contributed by atoms with van der Waals surface area (Å²) in [6.07, 6.45) is 0. The van der Waals surface area contributed by atoms with Gasteiger partial charge in [0.25, 0.3) is 5.91 Å². The number of phenols is 1. The summed E-state index contributed by atoms with van der Waals surface area (Å²) in [4.78, 5) is 25.6. The second-order valence-electron chi connectivity index (χ2n) is 5.18. The van der Waals surface area contributed by atoms with Crippen LogP contribution in [0.1, 0.15) is 5.56 Å². The van der Waals surface area contributed by atoms with Crippen LogP contribution in [0.15, 0.2) is 48.5 Å². The minimum absolute atomic E-state index is 0.119. The van der Waals surface area contributed by atoms with E-state index >= 15 is 0 Å². The summed E-state index contributed by atoms with van der Waals surface area (Å²) < 4.78 is 0. The zero-order valence-electron chi connectivity index (χ0n) is 11.4. The molecule has 1 saturated heterocycles. The Labute approximate surface area is 130 Å². The van der Waals surface area contributed by atoms with Crippen molar-refractivity contribution in [3.05, 3.63) is 54.1 Å². The number of phenolic OH excluding ortho intramolecular Hbond substituents is 1. The first-order chi connectivity index (χ1) is 10.6. The van der Waals surface area contributed by atoms with Crippen LogP contribution in [-0.2, 0) is 14.5 Å². The Hall–Kier alpha value is -2.47. The zero-order valence-corrected chi connectivity index (χ0v) is 12.3. The predicted molar refractivity (Wildman–Crippen MR) is 84.8 cm³/mol. The maximum atomic E-state index is 12.7. The first kappa shape index (κ1) is 13.2. The van der Waals surface area contributed by atoms with Gasteiger partial charge in [0.05, 0.1) is 5.75 Å². The topological polar surface area (TPSA) is 69.6 Å². The highest BCUT2D eigenvalue weighted by atomic mass is 32.2. The molecule has 2 amide bonds. The van der Waals surface area contributed by atoms with Gasteiger partial charge in [0.2, 0.25) is 10.8 Å². The van der Waals surface area contributed by atoms with Crippen LogP contribution in [-0.4, -0.2) is 22.7 Å². The molecule has 1 spiro atoms. The number of carbonyl (C=O) groups is 2. The fourth-order valence-electron chi connectivity index (χ4n) is 2.98. The van der Waals surface area contributed by atoms with Gasteiger partial charge in [0, 0.05) is 16.9 Å². The molecule has 2 aliphatic heterocycles. The molecular weight excluding hydrogens is 300 g/mol. The van der Waals surface area contributed by atoms with Crippen molar-refractivity contribution in [2.45, 2.75) is 4.87 Å². The molecular formula is C16H12N2O3S. The summed E-state index contributed by atoms with van der Waals surface area (Å²) in [6, 6.07) is 13.7. The summed E-state index contributed by atoms with van der Waals surface area (Å²) in [5, 5.41) is 12.3. The highest BCUT2D eigenvalue weighted by Gasteiger charge is 2.58. The second-order valence-corrected chi connectivity index (χ2v) is 6.35. The van der Waals surface area contributed by atoms with Crippen LogP contribution >= 0.6 is 11.8 Å². The van der Waals surface area contributed by atoms with Crippen molar-refractivity contribution in [1.82, 2.24) is 0 Å². The third-order valence-corrected chi connectivity index (χ3v) is 5.32. The Morgan fingerprint density at radius 1 is 1.09 bits per heavy atom. The summed E-state index contributed by atoms with van der Waals surface area (Å²) in [7, 11) is 0. The van der Waals surface area contributed by atoms with Crippen molar-refractivity contribution >= 4 is 35.0 Å². The lowest BCUT2D eigenvalue weighted by Crippen LogP contribution is -2.47. The normalized spacial score (nSPS) is 23.0. The number of benzene rings is 2. The van der Waals surface area contributed by atoms with E-state index in [9.17, 15) is 14.7 Å². The van der Waals surface area contributed by atoms with Gasteiger partial charge in [-0.15, -0.1) is 11.8 Å². The highest BCUT2D eigenvalue weighted by Crippen LogP contribution is 2.53. The van der Waals surface area contributed by atoms with Crippen LogP contribution in [0.5, 0.6) is 5.75 Å². The van der Waals surface area contributed by atoms with Gasteiger partial charge in [0.1, 0.15) is 5.75 Å². The number of amides is 2. The van der Waals surface area contributed by atoms with Gasteiger partial charge in [-0.1, -0.05) is 18.2 Å². The van der Waals surface area contributed by atoms with Crippen LogP contribution in [0.3, 0.4) is 0 Å². The molecule has 0 saturated carbocycles. The van der Waals surface area contributed by atoms with Crippen LogP contribution in [0.4, 0.5) is 11.4 Å². The SMILES string of the molecule is O=C1CS[C@@]2(C(=O)Nc3ccccc32)N1c1ccc(O)cc1. The van der Waals surface area contributed by atoms with Gasteiger partial charge in [-0.25, -0.2) is 0 Å². The number of para-hydroxylation sites is 1. The van der Waals surface area contributed by atoms with Crippen molar-refractivity contribution in [1.29, 1.82) is 0 Å². The molecule has 0 bridgehead atoms. The van der Waals surface area contributed by atoms with Crippen molar-refractivity contribution in [3.8, 4) is 5.75 Å². The molecule has 1 fully saturated rings. The zero-order chi connectivity index (χ0) is 15.3. The van der Waals surface area contributed by atoms with Crippen molar-refractivity contribution in [2.24, 2.45) is 0 Å². The number of hydrogen-bond acceptors (Lipinski definition) is 4. The van der Waals surface area contributed by atoms with Crippen LogP contribution in [0, 0.1) is 0 Å². The summed E-state index contributed by atoms with van der Waals surface area (Å²) >= 11 is 1.32. The molecule has 0 aromatic heterocycles. The van der Waals surface area contributed by atoms with Crippen LogP contribution < -0.4 is 10.2 Å². The second kappa shape index (κ2) is 4.51. The Morgan fingerprint density at radius 3 is 2.59 bits per heavy atom. The molecule has 0 unspecified atom stereocenters. The Balaban J connectivity index is 1.92. The van der Waals surface area contributed by atoms with Gasteiger partial charge in [-0.2, -0.15) is 0 Å². The molecule has 2 aromatic carbocycles. The number of carbonyl (C=O) groups excluding carboxylic acids is 2. The third kappa shape index (κ3) is 1.61. The molecule has 2 N–H and O–H groups in total. The monoisotopic (exact) mass is 312 g/mol. The number of nitrogens with one attached hydrogen (secondary N) is 1. The minimum Gasteiger partial charge on any atom is -0.508 e. The highest BCUT2D eigenvalue weighted by molar-refractivity contribution is 8.02. The van der Waals surface area contributed by atoms with Crippen molar-refractivity contribution in [2.75, 3.05) is 16.0 Å². The van der Waals surface area contributed by atoms with E-state index in [0.29, 0.717) is 5.69 Å². The smallest absolute Gasteiger partial charge is 0.266 e. The average Bonchev–Trinajstić information content (AvgIpc) is 3.00. The molecule has 6 heteroatoms. The van der Waals surface area contributed by atoms with Gasteiger partial charge in [-0.05, 0) is 30.3 Å². The van der Waals surface area contributed by atoms with Crippen LogP contribution in [0.25, 0.3) is 0 Å². The molecule has 2 aromatic rings. The molecule has 2 aliphatic rings. The largest absolute Gasteiger partial charge is 0.508 e. The molecule has 0 aliphatic carbocycles. The number of rotatable bonds is 1. The quantitative estimate of drug-likeness (QED) is 0.847. The standard InChI is InChI=1S/C16H12N2O3S/c19-11-7-5-10(6-8-11)18-14(20)9-22-16(18)12-3-1-2-4-13(12)17-15(16)21/h1-8,19H,9H2,(H,17,21)/t16-/m0/s1. The van der Waals surface area contributed by atoms with E-state index < -0.39 is 4.87 Å². The maximum absolute atomic E-state index is 12.7. The number of nitrogens with zero attached hydrogens (tertiary/aromatic N) is 1. The van der Waals surface area contributed by atoms with Crippen molar-refractivity contribution < 1.29 is 14.7 Å². The van der Waals surface area contributed by atoms with Crippen molar-refractivity contribution in [3.63, 3.8) is 0 Å². The van der Waals surface area contributed by atoms with E-state index in [1.807, 2.05) is 24.3 Å². The van der Waals surface area contributed by atoms with E-state index in [0.717, 1.165) is 11.3 Å². The first-order valence-electron chi connectivity index (χ1n) is 6.80. The lowest BCUT2D eigenvalue weighted by molar-refractivity contribution is -0.122. The lowest BCUT2D eigenvalue weighted by Gasteiger charge is -2.32. The number of aromatic hydroxyl groups is 1. The van der Waals surface area contributed by atoms with E-state index in [-0.39, 0.29) is 23.3 Å². The molecule has 0 radical (unpaired) electrons. The van der Waals surface area contributed by atoms with Gasteiger partial charge in [-0.3, -0.25) is 14.5 Å². The van der Waals surface area contributed by atoms with Gasteiger partial charge < -0.3 is 10.4 Å². The summed E-state index contributed by atoms with van der Waals surface area (Å²) in [5.41, 5.74) is 2.13. The summed E-state index contributed by atoms with van der Waals surface area (Å²) in [5.74, 6) is 0.0244. The maximum Gasteiger partial charge on any atom is 0.266 e. The van der Waals surface area contributed by atoms with E-state index in [1.165, 1.54) is 28.8 Å². The molecule has 4 rings (SSSR count). The van der Waals surface area contributed by atoms with E-state index in [2.05, 4.69) is 5.32 Å². The third-order valence-electron chi connectivity index (χ3n) is 3.92. The Morgan fingerprint density at radius 2 is 1.82 bits per heavy atom. The molecule has 1 atom stereocenters. The predicted octanol–water partition coefficient (Wildman–Crippen LogP) is 2.28. The van der Waals surface area contributed by atoms with Gasteiger partial charge >= 0.3 is 0 Å². The summed E-state index contributed by atoms with van der Waals surface area (Å²) in [6.45, 7) is 0. The Kier molecular flexibility index (Phi) is 2.71. The molecule has 2 heterocycles.